The minimum atomic E-state index is -0.402. The first kappa shape index (κ1) is 49.3. The molecule has 0 fully saturated rings. The van der Waals surface area contributed by atoms with Gasteiger partial charge >= 0.3 is 0 Å². The Morgan fingerprint density at radius 3 is 1.50 bits per heavy atom. The summed E-state index contributed by atoms with van der Waals surface area (Å²) in [5, 5.41) is 7.13. The van der Waals surface area contributed by atoms with E-state index in [4.69, 9.17) is 8.83 Å². The molecule has 0 saturated heterocycles. The van der Waals surface area contributed by atoms with Gasteiger partial charge < -0.3 is 18.3 Å². The largest absolute Gasteiger partial charge is 0.456 e. The summed E-state index contributed by atoms with van der Waals surface area (Å²) in [6, 6.07) is 92.1. The zero-order valence-corrected chi connectivity index (χ0v) is 49.0. The zero-order valence-electron chi connectivity index (χ0n) is 49.0. The smallest absolute Gasteiger partial charge is 0.144 e. The lowest BCUT2D eigenvalue weighted by molar-refractivity contribution is 0.600. The van der Waals surface area contributed by atoms with Crippen molar-refractivity contribution in [2.75, 3.05) is 4.90 Å². The Morgan fingerprint density at radius 2 is 0.826 bits per heavy atom. The van der Waals surface area contributed by atoms with Gasteiger partial charge in [-0.1, -0.05) is 217 Å². The summed E-state index contributed by atoms with van der Waals surface area (Å²) in [6.07, 6.45) is 0. The van der Waals surface area contributed by atoms with Crippen LogP contribution < -0.4 is 4.90 Å². The number of rotatable bonds is 7. The Labute approximate surface area is 499 Å². The minimum absolute atomic E-state index is 0.0568. The number of hydrogen-bond acceptors (Lipinski definition) is 3. The van der Waals surface area contributed by atoms with Crippen LogP contribution in [-0.2, 0) is 16.2 Å². The van der Waals surface area contributed by atoms with Crippen molar-refractivity contribution in [3.05, 3.63) is 299 Å². The van der Waals surface area contributed by atoms with Gasteiger partial charge in [-0.25, -0.2) is 0 Å². The number of aromatic nitrogens is 1. The molecule has 12 aromatic carbocycles. The number of benzene rings is 12. The van der Waals surface area contributed by atoms with Crippen LogP contribution in [0, 0.1) is 0 Å². The van der Waals surface area contributed by atoms with Crippen molar-refractivity contribution in [1.29, 1.82) is 0 Å². The molecule has 0 saturated carbocycles. The average molecular weight is 1110 g/mol. The van der Waals surface area contributed by atoms with E-state index in [2.05, 4.69) is 300 Å². The molecule has 0 atom stereocenters. The van der Waals surface area contributed by atoms with Crippen molar-refractivity contribution in [2.24, 2.45) is 0 Å². The third kappa shape index (κ3) is 6.54. The fourth-order valence-corrected chi connectivity index (χ4v) is 16.4. The lowest BCUT2D eigenvalue weighted by Crippen LogP contribution is -2.24. The van der Waals surface area contributed by atoms with Crippen LogP contribution in [0.3, 0.4) is 0 Å². The first-order chi connectivity index (χ1) is 42.0. The van der Waals surface area contributed by atoms with Crippen molar-refractivity contribution in [2.45, 2.75) is 63.7 Å². The van der Waals surface area contributed by atoms with Gasteiger partial charge in [0.1, 0.15) is 22.3 Å². The van der Waals surface area contributed by atoms with Crippen LogP contribution in [0.15, 0.2) is 258 Å². The molecule has 0 spiro atoms. The summed E-state index contributed by atoms with van der Waals surface area (Å²) in [4.78, 5) is 2.54. The van der Waals surface area contributed by atoms with E-state index in [1.165, 1.54) is 111 Å². The molecule has 0 amide bonds. The van der Waals surface area contributed by atoms with E-state index in [-0.39, 0.29) is 16.7 Å². The third-order valence-electron chi connectivity index (χ3n) is 20.2. The molecule has 3 aromatic heterocycles. The maximum absolute atomic E-state index is 7.15. The number of furan rings is 2. The first-order valence-electron chi connectivity index (χ1n) is 30.4. The van der Waals surface area contributed by atoms with Gasteiger partial charge in [0.2, 0.25) is 0 Å². The van der Waals surface area contributed by atoms with Crippen LogP contribution in [0.5, 0.6) is 0 Å². The molecule has 0 radical (unpaired) electrons. The van der Waals surface area contributed by atoms with Gasteiger partial charge in [0.15, 0.2) is 0 Å². The van der Waals surface area contributed by atoms with Crippen LogP contribution in [0.4, 0.5) is 17.1 Å². The lowest BCUT2D eigenvalue weighted by atomic mass is 9.72. The van der Waals surface area contributed by atoms with Gasteiger partial charge in [-0.3, -0.25) is 0 Å². The molecule has 18 rings (SSSR count). The monoisotopic (exact) mass is 1100 g/mol. The van der Waals surface area contributed by atoms with Gasteiger partial charge in [-0.2, -0.15) is 0 Å². The van der Waals surface area contributed by atoms with Crippen LogP contribution >= 0.6 is 0 Å². The molecule has 0 aliphatic heterocycles. The van der Waals surface area contributed by atoms with Crippen molar-refractivity contribution in [3.63, 3.8) is 0 Å². The highest BCUT2D eigenvalue weighted by Gasteiger charge is 2.49. The topological polar surface area (TPSA) is 34.5 Å². The van der Waals surface area contributed by atoms with Gasteiger partial charge in [0, 0.05) is 88.4 Å². The normalized spacial score (nSPS) is 14.8. The van der Waals surface area contributed by atoms with Gasteiger partial charge in [-0.15, -0.1) is 0 Å². The van der Waals surface area contributed by atoms with E-state index in [1.807, 2.05) is 0 Å². The highest BCUT2D eigenvalue weighted by Crippen LogP contribution is 2.64. The summed E-state index contributed by atoms with van der Waals surface area (Å²) in [5.74, 6) is -0.0568. The minimum Gasteiger partial charge on any atom is -0.456 e. The molecule has 410 valence electrons. The van der Waals surface area contributed by atoms with E-state index in [0.29, 0.717) is 0 Å². The molecule has 4 heteroatoms. The standard InChI is InChI=1S/C82H60N2O2/c1-80(2)63-44-51(39-42-57(63)71-65(80)47-61(78-73(71)59-32-18-22-36-68(59)85-78)70(48-24-10-7-11-25-48)49-26-12-8-13-27-49)83(53-38-41-55-54-30-17-21-35-66(54)84(67(55)46-53)50-28-14-9-15-29-50)52-40-43-58-64(45-52)82(5,6)76-72(58)74-60-33-19-23-37-69(60)86-79(74)75-56-31-16-20-34-62(56)81(3,4)77(75)76/h7-47,70H,1-6H3. The second kappa shape index (κ2) is 17.5. The Bertz CT molecular complexity index is 5340. The molecule has 3 aliphatic carbocycles. The third-order valence-corrected chi connectivity index (χ3v) is 20.2. The number of anilines is 3. The zero-order chi connectivity index (χ0) is 57.5. The maximum atomic E-state index is 7.15. The highest BCUT2D eigenvalue weighted by atomic mass is 16.3. The number of para-hydroxylation sites is 4. The SMILES string of the molecule is CC1(C)c2cc(N(c3ccc4c(c3)C(C)(C)c3c5c(c6oc7ccccc7c6c3-4)-c3ccccc3C5(C)C)c3ccc4c5ccccc5n(-c5ccccc5)c4c3)ccc2-c2c1cc(C(c1ccccc1)c1ccccc1)c1oc3ccccc3c21. The van der Waals surface area contributed by atoms with Crippen molar-refractivity contribution in [3.8, 4) is 39.1 Å². The second-order valence-electron chi connectivity index (χ2n) is 25.9. The molecular formula is C82H60N2O2. The quantitative estimate of drug-likeness (QED) is 0.149. The highest BCUT2D eigenvalue weighted by molar-refractivity contribution is 6.21. The molecule has 0 bridgehead atoms. The van der Waals surface area contributed by atoms with E-state index in [9.17, 15) is 0 Å². The predicted octanol–water partition coefficient (Wildman–Crippen LogP) is 22.2. The molecule has 0 N–H and O–H groups in total. The number of hydrogen-bond donors (Lipinski definition) is 0. The summed E-state index contributed by atoms with van der Waals surface area (Å²) in [6.45, 7) is 14.6. The van der Waals surface area contributed by atoms with Gasteiger partial charge in [0.05, 0.1) is 11.0 Å². The summed E-state index contributed by atoms with van der Waals surface area (Å²) >= 11 is 0. The average Bonchev–Trinajstić information content (AvgIpc) is 1.52. The Morgan fingerprint density at radius 1 is 0.349 bits per heavy atom. The van der Waals surface area contributed by atoms with Crippen LogP contribution in [0.1, 0.15) is 97.5 Å². The lowest BCUT2D eigenvalue weighted by Gasteiger charge is -2.32. The van der Waals surface area contributed by atoms with Crippen LogP contribution in [0.2, 0.25) is 0 Å². The Balaban J connectivity index is 0.884. The first-order valence-corrected chi connectivity index (χ1v) is 30.4. The molecule has 0 unspecified atom stereocenters. The molecule has 86 heavy (non-hydrogen) atoms. The summed E-state index contributed by atoms with van der Waals surface area (Å²) in [7, 11) is 0. The van der Waals surface area contributed by atoms with Gasteiger partial charge in [0.25, 0.3) is 0 Å². The predicted molar refractivity (Wildman–Crippen MR) is 357 cm³/mol. The molecule has 3 aliphatic rings. The molecular weight excluding hydrogens is 1040 g/mol. The molecule has 3 heterocycles. The van der Waals surface area contributed by atoms with Crippen molar-refractivity contribution >= 4 is 82.7 Å². The van der Waals surface area contributed by atoms with Crippen LogP contribution in [-0.4, -0.2) is 4.57 Å². The fraction of sp³-hybridized carbons (Fsp3) is 0.122. The van der Waals surface area contributed by atoms with Crippen molar-refractivity contribution < 1.29 is 8.83 Å². The summed E-state index contributed by atoms with van der Waals surface area (Å²) < 4.78 is 16.7. The van der Waals surface area contributed by atoms with Crippen LogP contribution in [0.25, 0.3) is 105 Å². The maximum Gasteiger partial charge on any atom is 0.144 e. The Hall–Kier alpha value is -10.2. The van der Waals surface area contributed by atoms with Crippen molar-refractivity contribution in [1.82, 2.24) is 4.57 Å². The molecule has 4 nitrogen and oxygen atoms in total. The number of fused-ring (bicyclic) bond motifs is 22. The second-order valence-corrected chi connectivity index (χ2v) is 25.9. The molecule has 15 aromatic rings. The summed E-state index contributed by atoms with van der Waals surface area (Å²) in [5.41, 5.74) is 28.7. The van der Waals surface area contributed by atoms with Gasteiger partial charge in [-0.05, 0) is 145 Å². The van der Waals surface area contributed by atoms with E-state index >= 15 is 0 Å². The van der Waals surface area contributed by atoms with E-state index in [1.54, 1.807) is 0 Å². The Kier molecular flexibility index (Phi) is 10.0. The number of nitrogens with zero attached hydrogens (tertiary/aromatic N) is 2. The van der Waals surface area contributed by atoms with E-state index in [0.717, 1.165) is 61.4 Å². The fourth-order valence-electron chi connectivity index (χ4n) is 16.4. The van der Waals surface area contributed by atoms with E-state index < -0.39 is 5.41 Å².